The summed E-state index contributed by atoms with van der Waals surface area (Å²) in [7, 11) is 3.68. The molecule has 10 heteroatoms. The Labute approximate surface area is 226 Å². The van der Waals surface area contributed by atoms with Crippen LogP contribution in [0.25, 0.3) is 22.3 Å². The highest BCUT2D eigenvalue weighted by molar-refractivity contribution is 5.97. The number of carbonyl (C=O) groups is 1. The van der Waals surface area contributed by atoms with Crippen molar-refractivity contribution in [3.05, 3.63) is 64.9 Å². The summed E-state index contributed by atoms with van der Waals surface area (Å²) < 4.78 is 41.3. The fraction of sp³-hybridized carbons (Fsp3) is 0.379. The van der Waals surface area contributed by atoms with Crippen molar-refractivity contribution < 1.29 is 23.0 Å². The molecule has 0 aliphatic carbocycles. The van der Waals surface area contributed by atoms with E-state index in [1.165, 1.54) is 6.07 Å². The van der Waals surface area contributed by atoms with Crippen molar-refractivity contribution in [3.8, 4) is 22.3 Å². The lowest BCUT2D eigenvalue weighted by molar-refractivity contribution is 0.0945. The molecule has 3 heterocycles. The van der Waals surface area contributed by atoms with Crippen LogP contribution in [0.3, 0.4) is 0 Å². The van der Waals surface area contributed by atoms with Crippen LogP contribution in [0.15, 0.2) is 36.4 Å². The number of pyridine rings is 1. The van der Waals surface area contributed by atoms with Gasteiger partial charge in [-0.1, -0.05) is 6.07 Å². The zero-order valence-electron chi connectivity index (χ0n) is 22.2. The molecule has 1 fully saturated rings. The van der Waals surface area contributed by atoms with Crippen LogP contribution in [0.4, 0.5) is 20.3 Å². The molecular formula is C29H33F2N5O3. The number of amides is 1. The molecule has 1 aromatic heterocycles. The summed E-state index contributed by atoms with van der Waals surface area (Å²) in [6.45, 7) is 5.26. The van der Waals surface area contributed by atoms with Gasteiger partial charge in [-0.3, -0.25) is 9.69 Å². The van der Waals surface area contributed by atoms with Crippen molar-refractivity contribution in [3.63, 3.8) is 0 Å². The second-order valence-electron chi connectivity index (χ2n) is 9.93. The lowest BCUT2D eigenvalue weighted by Crippen LogP contribution is -2.37. The molecule has 0 spiro atoms. The van der Waals surface area contributed by atoms with Gasteiger partial charge in [0.1, 0.15) is 11.6 Å². The van der Waals surface area contributed by atoms with E-state index in [9.17, 15) is 4.79 Å². The number of halogens is 2. The van der Waals surface area contributed by atoms with Crippen LogP contribution >= 0.6 is 0 Å². The Bertz CT molecular complexity index is 1380. The molecule has 0 radical (unpaired) electrons. The Morgan fingerprint density at radius 2 is 1.90 bits per heavy atom. The first-order valence-electron chi connectivity index (χ1n) is 13.1. The number of likely N-dealkylation sites (N-methyl/N-ethyl adjacent to an activating group) is 1. The Hall–Kier alpha value is -3.60. The highest BCUT2D eigenvalue weighted by atomic mass is 19.1. The van der Waals surface area contributed by atoms with Gasteiger partial charge in [-0.2, -0.15) is 4.39 Å². The summed E-state index contributed by atoms with van der Waals surface area (Å²) in [6, 6.07) is 10.2. The molecule has 5 rings (SSSR count). The lowest BCUT2D eigenvalue weighted by Gasteiger charge is -2.32. The molecule has 1 saturated heterocycles. The Morgan fingerprint density at radius 1 is 1.10 bits per heavy atom. The fourth-order valence-electron chi connectivity index (χ4n) is 5.18. The first kappa shape index (κ1) is 27.0. The fourth-order valence-corrected chi connectivity index (χ4v) is 5.18. The van der Waals surface area contributed by atoms with Crippen molar-refractivity contribution in [2.75, 3.05) is 70.8 Å². The second-order valence-corrected chi connectivity index (χ2v) is 9.93. The maximum atomic E-state index is 15.3. The predicted octanol–water partition coefficient (Wildman–Crippen LogP) is 3.48. The van der Waals surface area contributed by atoms with Gasteiger partial charge in [0.25, 0.3) is 5.91 Å². The van der Waals surface area contributed by atoms with Gasteiger partial charge in [-0.15, -0.1) is 0 Å². The number of morpholine rings is 1. The average Bonchev–Trinajstić information content (AvgIpc) is 2.93. The van der Waals surface area contributed by atoms with Crippen molar-refractivity contribution in [1.82, 2.24) is 15.2 Å². The van der Waals surface area contributed by atoms with E-state index in [0.29, 0.717) is 50.5 Å². The minimum atomic E-state index is -0.730. The highest BCUT2D eigenvalue weighted by Crippen LogP contribution is 2.36. The van der Waals surface area contributed by atoms with Gasteiger partial charge >= 0.3 is 0 Å². The molecule has 0 atom stereocenters. The maximum absolute atomic E-state index is 15.3. The van der Waals surface area contributed by atoms with Gasteiger partial charge < -0.3 is 25.4 Å². The molecule has 3 aromatic rings. The number of nitrogens with two attached hydrogens (primary N) is 1. The van der Waals surface area contributed by atoms with E-state index in [1.807, 2.05) is 25.2 Å². The van der Waals surface area contributed by atoms with E-state index >= 15 is 8.78 Å². The number of ether oxygens (including phenoxy) is 2. The number of nitrogen functional groups attached to an aromatic ring is 1. The maximum Gasteiger partial charge on any atom is 0.251 e. The number of nitrogens with zero attached hydrogens (tertiary/aromatic N) is 3. The SMILES string of the molecule is COCCN(C)Cc1cc(-c2cc(-c3cc4c(cc3F)C(=O)NCC4)c(N)nc2F)ccc1N1CCOCC1. The molecule has 206 valence electrons. The van der Waals surface area contributed by atoms with Gasteiger partial charge in [-0.05, 0) is 60.5 Å². The van der Waals surface area contributed by atoms with Gasteiger partial charge in [0, 0.05) is 67.8 Å². The summed E-state index contributed by atoms with van der Waals surface area (Å²) in [5, 5.41) is 2.72. The smallest absolute Gasteiger partial charge is 0.251 e. The third-order valence-electron chi connectivity index (χ3n) is 7.27. The number of hydrogen-bond donors (Lipinski definition) is 2. The highest BCUT2D eigenvalue weighted by Gasteiger charge is 2.23. The van der Waals surface area contributed by atoms with Crippen molar-refractivity contribution in [1.29, 1.82) is 0 Å². The van der Waals surface area contributed by atoms with E-state index in [-0.39, 0.29) is 28.4 Å². The van der Waals surface area contributed by atoms with Crippen LogP contribution in [-0.2, 0) is 22.4 Å². The zero-order valence-corrected chi connectivity index (χ0v) is 22.2. The number of benzene rings is 2. The average molecular weight is 538 g/mol. The van der Waals surface area contributed by atoms with Crippen LogP contribution < -0.4 is 16.0 Å². The molecule has 3 N–H and O–H groups in total. The number of carbonyl (C=O) groups excluding carboxylic acids is 1. The van der Waals surface area contributed by atoms with Crippen molar-refractivity contribution in [2.45, 2.75) is 13.0 Å². The summed E-state index contributed by atoms with van der Waals surface area (Å²) >= 11 is 0. The monoisotopic (exact) mass is 537 g/mol. The van der Waals surface area contributed by atoms with Crippen LogP contribution in [0, 0.1) is 11.8 Å². The molecule has 2 aliphatic heterocycles. The van der Waals surface area contributed by atoms with Crippen LogP contribution in [0.2, 0.25) is 0 Å². The van der Waals surface area contributed by atoms with Crippen LogP contribution in [-0.4, -0.2) is 75.9 Å². The van der Waals surface area contributed by atoms with Gasteiger partial charge in [0.15, 0.2) is 0 Å². The summed E-state index contributed by atoms with van der Waals surface area (Å²) in [5.41, 5.74) is 10.5. The molecule has 8 nitrogen and oxygen atoms in total. The van der Waals surface area contributed by atoms with E-state index in [1.54, 1.807) is 19.2 Å². The zero-order chi connectivity index (χ0) is 27.5. The molecule has 0 unspecified atom stereocenters. The summed E-state index contributed by atoms with van der Waals surface area (Å²) in [5.74, 6) is -1.76. The molecular weight excluding hydrogens is 504 g/mol. The van der Waals surface area contributed by atoms with E-state index in [4.69, 9.17) is 15.2 Å². The predicted molar refractivity (Wildman–Crippen MR) is 147 cm³/mol. The molecule has 1 amide bonds. The topological polar surface area (TPSA) is 93.0 Å². The van der Waals surface area contributed by atoms with Crippen molar-refractivity contribution in [2.24, 2.45) is 0 Å². The van der Waals surface area contributed by atoms with Crippen LogP contribution in [0.1, 0.15) is 21.5 Å². The number of nitrogens with one attached hydrogen (secondary N) is 1. The Kier molecular flexibility index (Phi) is 8.06. The molecule has 39 heavy (non-hydrogen) atoms. The first-order valence-corrected chi connectivity index (χ1v) is 13.1. The van der Waals surface area contributed by atoms with E-state index < -0.39 is 11.8 Å². The number of hydrogen-bond acceptors (Lipinski definition) is 7. The number of anilines is 2. The van der Waals surface area contributed by atoms with E-state index in [2.05, 4.69) is 20.1 Å². The Balaban J connectivity index is 1.56. The third-order valence-corrected chi connectivity index (χ3v) is 7.27. The number of fused-ring (bicyclic) bond motifs is 1. The number of aromatic nitrogens is 1. The largest absolute Gasteiger partial charge is 0.383 e. The Morgan fingerprint density at radius 3 is 2.67 bits per heavy atom. The number of methoxy groups -OCH3 is 1. The molecule has 0 bridgehead atoms. The second kappa shape index (κ2) is 11.6. The summed E-state index contributed by atoms with van der Waals surface area (Å²) in [4.78, 5) is 20.5. The van der Waals surface area contributed by atoms with Crippen LogP contribution in [0.5, 0.6) is 0 Å². The molecule has 2 aromatic carbocycles. The van der Waals surface area contributed by atoms with Gasteiger partial charge in [0.2, 0.25) is 5.95 Å². The lowest BCUT2D eigenvalue weighted by atomic mass is 9.93. The quantitative estimate of drug-likeness (QED) is 0.425. The first-order chi connectivity index (χ1) is 18.9. The third kappa shape index (κ3) is 5.73. The van der Waals surface area contributed by atoms with E-state index in [0.717, 1.165) is 36.4 Å². The normalized spacial score (nSPS) is 15.4. The minimum Gasteiger partial charge on any atom is -0.383 e. The van der Waals surface area contributed by atoms with Crippen molar-refractivity contribution >= 4 is 17.4 Å². The molecule has 0 saturated carbocycles. The van der Waals surface area contributed by atoms with Gasteiger partial charge in [-0.25, -0.2) is 9.37 Å². The number of rotatable bonds is 8. The molecule has 2 aliphatic rings. The standard InChI is InChI=1S/C29H33F2N5O3/c1-35(7-10-38-2)17-20-13-18(3-4-26(20)36-8-11-39-12-9-36)21-15-24(28(32)34-27(21)31)23-14-19-5-6-33-29(37)22(19)16-25(23)30/h3-4,13-16H,5-12,17H2,1-2H3,(H2,32,34)(H,33,37). The minimum absolute atomic E-state index is 0.111. The summed E-state index contributed by atoms with van der Waals surface area (Å²) in [6.07, 6.45) is 0.568. The van der Waals surface area contributed by atoms with Gasteiger partial charge in [0.05, 0.1) is 19.8 Å².